The second-order valence-corrected chi connectivity index (χ2v) is 4.26. The molecule has 0 aliphatic carbocycles. The average molecular weight is 267 g/mol. The maximum absolute atomic E-state index is 5.95. The van der Waals surface area contributed by atoms with E-state index in [-0.39, 0.29) is 18.4 Å². The largest absolute Gasteiger partial charge is 0.324 e. The first-order chi connectivity index (χ1) is 6.50. The highest BCUT2D eigenvalue weighted by Crippen LogP contribution is 2.26. The second-order valence-electron chi connectivity index (χ2n) is 3.44. The first kappa shape index (κ1) is 14.8. The van der Waals surface area contributed by atoms with Crippen LogP contribution in [0.25, 0.3) is 0 Å². The molecule has 1 nitrogen and oxygen atoms in total. The van der Waals surface area contributed by atoms with Crippen molar-refractivity contribution in [2.45, 2.75) is 19.4 Å². The molecular weight excluding hydrogens is 252 g/mol. The van der Waals surface area contributed by atoms with Gasteiger partial charge in [0.1, 0.15) is 0 Å². The zero-order valence-corrected chi connectivity index (χ0v) is 10.8. The molecule has 1 rings (SSSR count). The number of nitrogens with two attached hydrogens (primary N) is 1. The molecule has 2 N–H and O–H groups in total. The molecule has 0 radical (unpaired) electrons. The SMILES string of the molecule is C=C(C)C[C@H](N)c1ccc(Cl)c(Cl)c1.Cl. The Bertz CT molecular complexity index is 350. The number of benzene rings is 1. The summed E-state index contributed by atoms with van der Waals surface area (Å²) in [6, 6.07) is 5.40. The van der Waals surface area contributed by atoms with Gasteiger partial charge in [-0.05, 0) is 31.0 Å². The van der Waals surface area contributed by atoms with Crippen LogP contribution in [-0.4, -0.2) is 0 Å². The van der Waals surface area contributed by atoms with Gasteiger partial charge >= 0.3 is 0 Å². The van der Waals surface area contributed by atoms with E-state index in [1.807, 2.05) is 13.0 Å². The van der Waals surface area contributed by atoms with Crippen LogP contribution in [0.3, 0.4) is 0 Å². The molecule has 0 aliphatic rings. The monoisotopic (exact) mass is 265 g/mol. The molecule has 0 aliphatic heterocycles. The normalized spacial score (nSPS) is 11.7. The number of hydrogen-bond donors (Lipinski definition) is 1. The predicted molar refractivity (Wildman–Crippen MR) is 70.1 cm³/mol. The van der Waals surface area contributed by atoms with Crippen molar-refractivity contribution in [3.63, 3.8) is 0 Å². The van der Waals surface area contributed by atoms with Gasteiger partial charge in [0.05, 0.1) is 10.0 Å². The minimum atomic E-state index is -0.0535. The zero-order valence-electron chi connectivity index (χ0n) is 8.47. The number of hydrogen-bond acceptors (Lipinski definition) is 1. The van der Waals surface area contributed by atoms with E-state index < -0.39 is 0 Å². The van der Waals surface area contributed by atoms with E-state index in [1.165, 1.54) is 0 Å². The van der Waals surface area contributed by atoms with Crippen molar-refractivity contribution in [3.05, 3.63) is 46.0 Å². The molecule has 0 bridgehead atoms. The van der Waals surface area contributed by atoms with E-state index in [0.717, 1.165) is 17.6 Å². The minimum absolute atomic E-state index is 0. The summed E-state index contributed by atoms with van der Waals surface area (Å²) in [5, 5.41) is 1.10. The molecule has 0 spiro atoms. The van der Waals surface area contributed by atoms with Crippen LogP contribution in [0.2, 0.25) is 10.0 Å². The Labute approximate surface area is 107 Å². The van der Waals surface area contributed by atoms with Crippen LogP contribution in [0.1, 0.15) is 24.9 Å². The van der Waals surface area contributed by atoms with Crippen LogP contribution < -0.4 is 5.73 Å². The maximum atomic E-state index is 5.95. The van der Waals surface area contributed by atoms with Gasteiger partial charge in [-0.15, -0.1) is 19.0 Å². The number of rotatable bonds is 3. The van der Waals surface area contributed by atoms with Gasteiger partial charge in [-0.3, -0.25) is 0 Å². The van der Waals surface area contributed by atoms with Crippen LogP contribution in [0.5, 0.6) is 0 Å². The highest BCUT2D eigenvalue weighted by atomic mass is 35.5. The van der Waals surface area contributed by atoms with Gasteiger partial charge in [0, 0.05) is 6.04 Å². The summed E-state index contributed by atoms with van der Waals surface area (Å²) < 4.78 is 0. The summed E-state index contributed by atoms with van der Waals surface area (Å²) >= 11 is 11.7. The molecule has 0 fully saturated rings. The van der Waals surface area contributed by atoms with Gasteiger partial charge < -0.3 is 5.73 Å². The zero-order chi connectivity index (χ0) is 10.7. The molecular formula is C11H14Cl3N. The Morgan fingerprint density at radius 3 is 2.47 bits per heavy atom. The van der Waals surface area contributed by atoms with Crippen LogP contribution in [0.4, 0.5) is 0 Å². The molecule has 15 heavy (non-hydrogen) atoms. The highest BCUT2D eigenvalue weighted by molar-refractivity contribution is 6.42. The Hall–Kier alpha value is -0.210. The van der Waals surface area contributed by atoms with Crippen molar-refractivity contribution >= 4 is 35.6 Å². The third-order valence-corrected chi connectivity index (χ3v) is 2.68. The lowest BCUT2D eigenvalue weighted by Gasteiger charge is -2.12. The fraction of sp³-hybridized carbons (Fsp3) is 0.273. The van der Waals surface area contributed by atoms with Gasteiger partial charge in [0.15, 0.2) is 0 Å². The molecule has 1 atom stereocenters. The lowest BCUT2D eigenvalue weighted by molar-refractivity contribution is 0.717. The van der Waals surface area contributed by atoms with Crippen molar-refractivity contribution in [2.24, 2.45) is 5.73 Å². The molecule has 0 aromatic heterocycles. The Morgan fingerprint density at radius 1 is 1.40 bits per heavy atom. The lowest BCUT2D eigenvalue weighted by Crippen LogP contribution is -2.10. The van der Waals surface area contributed by atoms with E-state index in [4.69, 9.17) is 28.9 Å². The standard InChI is InChI=1S/C11H13Cl2N.ClH/c1-7(2)5-11(14)8-3-4-9(12)10(13)6-8;/h3-4,6,11H,1,5,14H2,2H3;1H/t11-;/m0./s1. The van der Waals surface area contributed by atoms with Crippen LogP contribution in [0.15, 0.2) is 30.4 Å². The van der Waals surface area contributed by atoms with Crippen LogP contribution >= 0.6 is 35.6 Å². The van der Waals surface area contributed by atoms with E-state index >= 15 is 0 Å². The molecule has 0 saturated heterocycles. The molecule has 84 valence electrons. The van der Waals surface area contributed by atoms with Crippen molar-refractivity contribution in [2.75, 3.05) is 0 Å². The predicted octanol–water partition coefficient (Wildman–Crippen LogP) is 4.38. The smallest absolute Gasteiger partial charge is 0.0595 e. The summed E-state index contributed by atoms with van der Waals surface area (Å²) in [5.74, 6) is 0. The third kappa shape index (κ3) is 4.43. The lowest BCUT2D eigenvalue weighted by atomic mass is 10.0. The maximum Gasteiger partial charge on any atom is 0.0595 e. The van der Waals surface area contributed by atoms with E-state index in [1.54, 1.807) is 12.1 Å². The summed E-state index contributed by atoms with van der Waals surface area (Å²) in [6.45, 7) is 5.78. The molecule has 0 heterocycles. The van der Waals surface area contributed by atoms with E-state index in [2.05, 4.69) is 6.58 Å². The molecule has 0 unspecified atom stereocenters. The van der Waals surface area contributed by atoms with E-state index in [0.29, 0.717) is 10.0 Å². The van der Waals surface area contributed by atoms with Crippen molar-refractivity contribution < 1.29 is 0 Å². The van der Waals surface area contributed by atoms with Crippen molar-refractivity contribution in [1.29, 1.82) is 0 Å². The quantitative estimate of drug-likeness (QED) is 0.807. The van der Waals surface area contributed by atoms with Gasteiger partial charge in [0.25, 0.3) is 0 Å². The van der Waals surface area contributed by atoms with Gasteiger partial charge in [-0.2, -0.15) is 0 Å². The van der Waals surface area contributed by atoms with Gasteiger partial charge in [-0.25, -0.2) is 0 Å². The van der Waals surface area contributed by atoms with E-state index in [9.17, 15) is 0 Å². The van der Waals surface area contributed by atoms with Crippen molar-refractivity contribution in [1.82, 2.24) is 0 Å². The average Bonchev–Trinajstić information content (AvgIpc) is 2.08. The Kier molecular flexibility index (Phi) is 6.30. The topological polar surface area (TPSA) is 26.0 Å². The molecule has 4 heteroatoms. The second kappa shape index (κ2) is 6.39. The Balaban J connectivity index is 0.00000196. The summed E-state index contributed by atoms with van der Waals surface area (Å²) in [7, 11) is 0. The molecule has 0 amide bonds. The molecule has 1 aromatic carbocycles. The summed E-state index contributed by atoms with van der Waals surface area (Å²) in [6.07, 6.45) is 0.762. The summed E-state index contributed by atoms with van der Waals surface area (Å²) in [4.78, 5) is 0. The fourth-order valence-electron chi connectivity index (χ4n) is 1.24. The van der Waals surface area contributed by atoms with Crippen LogP contribution in [-0.2, 0) is 0 Å². The molecule has 1 aromatic rings. The first-order valence-electron chi connectivity index (χ1n) is 4.35. The fourth-order valence-corrected chi connectivity index (χ4v) is 1.54. The highest BCUT2D eigenvalue weighted by Gasteiger charge is 2.07. The first-order valence-corrected chi connectivity index (χ1v) is 5.11. The minimum Gasteiger partial charge on any atom is -0.324 e. The number of halogens is 3. The Morgan fingerprint density at radius 2 is 2.00 bits per heavy atom. The van der Waals surface area contributed by atoms with Crippen molar-refractivity contribution in [3.8, 4) is 0 Å². The van der Waals surface area contributed by atoms with Crippen LogP contribution in [0, 0.1) is 0 Å². The van der Waals surface area contributed by atoms with Gasteiger partial charge in [-0.1, -0.05) is 34.8 Å². The molecule has 0 saturated carbocycles. The third-order valence-electron chi connectivity index (χ3n) is 1.94. The van der Waals surface area contributed by atoms with Gasteiger partial charge in [0.2, 0.25) is 0 Å². The summed E-state index contributed by atoms with van der Waals surface area (Å²) in [5.41, 5.74) is 8.00.